The number of ether oxygens (including phenoxy) is 1. The van der Waals surface area contributed by atoms with E-state index in [1.165, 1.54) is 23.1 Å². The molecule has 3 aromatic carbocycles. The first kappa shape index (κ1) is 31.0. The largest absolute Gasteiger partial charge is 0.497 e. The smallest absolute Gasteiger partial charge is 0.264 e. The van der Waals surface area contributed by atoms with Crippen LogP contribution in [0.1, 0.15) is 38.3 Å². The maximum absolute atomic E-state index is 14.1. The maximum atomic E-state index is 14.1. The SMILES string of the molecule is CC[C@@H](C(=O)NC(C)C)N(Cc1cccc(OC)c1)C(=O)CN(c1cccc(Cl)c1)S(=O)(=O)c1ccc(C)cc1. The number of halogens is 1. The van der Waals surface area contributed by atoms with Crippen LogP contribution in [0.2, 0.25) is 5.02 Å². The number of carbonyl (C=O) groups excluding carboxylic acids is 2. The Hall–Kier alpha value is -3.56. The molecule has 214 valence electrons. The number of aryl methyl sites for hydroxylation is 1. The topological polar surface area (TPSA) is 96.0 Å². The Morgan fingerprint density at radius 1 is 1.00 bits per heavy atom. The lowest BCUT2D eigenvalue weighted by Gasteiger charge is -2.33. The van der Waals surface area contributed by atoms with E-state index in [-0.39, 0.29) is 29.1 Å². The van der Waals surface area contributed by atoms with Crippen LogP contribution in [0, 0.1) is 6.92 Å². The third kappa shape index (κ3) is 7.76. The van der Waals surface area contributed by atoms with Crippen LogP contribution in [0.15, 0.2) is 77.7 Å². The van der Waals surface area contributed by atoms with Crippen LogP contribution in [0.3, 0.4) is 0 Å². The lowest BCUT2D eigenvalue weighted by Crippen LogP contribution is -2.53. The molecule has 3 rings (SSSR count). The second-order valence-corrected chi connectivity index (χ2v) is 12.1. The fraction of sp³-hybridized carbons (Fsp3) is 0.333. The summed E-state index contributed by atoms with van der Waals surface area (Å²) in [5.74, 6) is -0.249. The fourth-order valence-corrected chi connectivity index (χ4v) is 5.86. The third-order valence-electron chi connectivity index (χ3n) is 6.29. The second kappa shape index (κ2) is 13.7. The zero-order valence-electron chi connectivity index (χ0n) is 23.4. The van der Waals surface area contributed by atoms with Gasteiger partial charge in [0.15, 0.2) is 0 Å². The third-order valence-corrected chi connectivity index (χ3v) is 8.31. The Morgan fingerprint density at radius 3 is 2.27 bits per heavy atom. The van der Waals surface area contributed by atoms with Crippen molar-refractivity contribution in [2.45, 2.75) is 57.6 Å². The molecule has 0 heterocycles. The molecule has 0 saturated carbocycles. The normalized spacial score (nSPS) is 12.1. The number of amides is 2. The molecule has 1 N–H and O–H groups in total. The summed E-state index contributed by atoms with van der Waals surface area (Å²) in [4.78, 5) is 28.7. The number of nitrogens with one attached hydrogen (secondary N) is 1. The van der Waals surface area contributed by atoms with Gasteiger partial charge in [-0.2, -0.15) is 0 Å². The Bertz CT molecular complexity index is 1430. The van der Waals surface area contributed by atoms with E-state index in [4.69, 9.17) is 16.3 Å². The molecule has 0 aromatic heterocycles. The molecule has 0 radical (unpaired) electrons. The van der Waals surface area contributed by atoms with Gasteiger partial charge in [-0.05, 0) is 75.2 Å². The highest BCUT2D eigenvalue weighted by Crippen LogP contribution is 2.27. The number of nitrogens with zero attached hydrogens (tertiary/aromatic N) is 2. The standard InChI is InChI=1S/C30H36ClN3O5S/c1-6-28(30(36)32-21(2)3)33(19-23-9-7-12-26(17-23)39-5)29(35)20-34(25-11-8-10-24(31)18-25)40(37,38)27-15-13-22(4)14-16-27/h7-18,21,28H,6,19-20H2,1-5H3,(H,32,36)/t28-/m0/s1. The number of hydrogen-bond donors (Lipinski definition) is 1. The number of benzene rings is 3. The van der Waals surface area contributed by atoms with Crippen LogP contribution in [0.5, 0.6) is 5.75 Å². The van der Waals surface area contributed by atoms with Gasteiger partial charge < -0.3 is 15.0 Å². The molecule has 10 heteroatoms. The molecule has 0 saturated heterocycles. The van der Waals surface area contributed by atoms with E-state index >= 15 is 0 Å². The first-order valence-corrected chi connectivity index (χ1v) is 14.9. The quantitative estimate of drug-likeness (QED) is 0.316. The highest BCUT2D eigenvalue weighted by atomic mass is 35.5. The average Bonchev–Trinajstić information content (AvgIpc) is 2.91. The fourth-order valence-electron chi connectivity index (χ4n) is 4.27. The van der Waals surface area contributed by atoms with Crippen LogP contribution >= 0.6 is 11.6 Å². The molecule has 0 bridgehead atoms. The maximum Gasteiger partial charge on any atom is 0.264 e. The van der Waals surface area contributed by atoms with Gasteiger partial charge in [-0.3, -0.25) is 13.9 Å². The molecule has 0 aliphatic heterocycles. The lowest BCUT2D eigenvalue weighted by atomic mass is 10.1. The van der Waals surface area contributed by atoms with Crippen molar-refractivity contribution < 1.29 is 22.7 Å². The Kier molecular flexibility index (Phi) is 10.6. The zero-order chi connectivity index (χ0) is 29.4. The van der Waals surface area contributed by atoms with Crippen molar-refractivity contribution in [3.05, 3.63) is 88.9 Å². The van der Waals surface area contributed by atoms with Gasteiger partial charge in [-0.1, -0.05) is 54.4 Å². The highest BCUT2D eigenvalue weighted by molar-refractivity contribution is 7.92. The van der Waals surface area contributed by atoms with Crippen molar-refractivity contribution >= 4 is 39.1 Å². The van der Waals surface area contributed by atoms with E-state index in [0.29, 0.717) is 17.2 Å². The number of hydrogen-bond acceptors (Lipinski definition) is 5. The number of anilines is 1. The first-order valence-electron chi connectivity index (χ1n) is 13.0. The molecule has 0 aliphatic carbocycles. The summed E-state index contributed by atoms with van der Waals surface area (Å²) >= 11 is 6.22. The van der Waals surface area contributed by atoms with Crippen molar-refractivity contribution in [3.8, 4) is 5.75 Å². The van der Waals surface area contributed by atoms with Gasteiger partial charge in [0.2, 0.25) is 11.8 Å². The summed E-state index contributed by atoms with van der Waals surface area (Å²) in [5, 5.41) is 3.21. The van der Waals surface area contributed by atoms with E-state index in [0.717, 1.165) is 15.4 Å². The van der Waals surface area contributed by atoms with E-state index in [1.807, 2.05) is 33.8 Å². The lowest BCUT2D eigenvalue weighted by molar-refractivity contribution is -0.140. The number of carbonyl (C=O) groups is 2. The second-order valence-electron chi connectivity index (χ2n) is 9.77. The molecule has 0 unspecified atom stereocenters. The average molecular weight is 586 g/mol. The van der Waals surface area contributed by atoms with Gasteiger partial charge in [0, 0.05) is 17.6 Å². The molecule has 40 heavy (non-hydrogen) atoms. The molecule has 1 atom stereocenters. The summed E-state index contributed by atoms with van der Waals surface area (Å²) in [6.07, 6.45) is 0.330. The van der Waals surface area contributed by atoms with Crippen LogP contribution in [-0.2, 0) is 26.2 Å². The molecule has 2 amide bonds. The van der Waals surface area contributed by atoms with Gasteiger partial charge in [0.05, 0.1) is 17.7 Å². The summed E-state index contributed by atoms with van der Waals surface area (Å²) in [5.41, 5.74) is 1.87. The minimum absolute atomic E-state index is 0.0369. The minimum Gasteiger partial charge on any atom is -0.497 e. The molecule has 0 spiro atoms. The molecule has 3 aromatic rings. The molecule has 8 nitrogen and oxygen atoms in total. The molecular formula is C30H36ClN3O5S. The summed E-state index contributed by atoms with van der Waals surface area (Å²) in [6, 6.07) is 19.0. The van der Waals surface area contributed by atoms with Gasteiger partial charge in [0.25, 0.3) is 10.0 Å². The van der Waals surface area contributed by atoms with Crippen molar-refractivity contribution in [1.29, 1.82) is 0 Å². The molecule has 0 aliphatic rings. The van der Waals surface area contributed by atoms with E-state index in [2.05, 4.69) is 5.32 Å². The van der Waals surface area contributed by atoms with Crippen LogP contribution < -0.4 is 14.4 Å². The summed E-state index contributed by atoms with van der Waals surface area (Å²) in [6.45, 7) is 6.90. The van der Waals surface area contributed by atoms with Gasteiger partial charge >= 0.3 is 0 Å². The van der Waals surface area contributed by atoms with Crippen molar-refractivity contribution in [1.82, 2.24) is 10.2 Å². The van der Waals surface area contributed by atoms with Crippen LogP contribution in [0.25, 0.3) is 0 Å². The van der Waals surface area contributed by atoms with Crippen molar-refractivity contribution in [2.24, 2.45) is 0 Å². The monoisotopic (exact) mass is 585 g/mol. The molecule has 0 fully saturated rings. The Balaban J connectivity index is 2.07. The Morgan fingerprint density at radius 2 is 1.68 bits per heavy atom. The Labute approximate surface area is 241 Å². The van der Waals surface area contributed by atoms with Crippen LogP contribution in [-0.4, -0.2) is 50.9 Å². The van der Waals surface area contributed by atoms with Crippen LogP contribution in [0.4, 0.5) is 5.69 Å². The predicted octanol–water partition coefficient (Wildman–Crippen LogP) is 5.18. The summed E-state index contributed by atoms with van der Waals surface area (Å²) in [7, 11) is -2.62. The molecular weight excluding hydrogens is 550 g/mol. The van der Waals surface area contributed by atoms with Gasteiger partial charge in [0.1, 0.15) is 18.3 Å². The number of methoxy groups -OCH3 is 1. The van der Waals surface area contributed by atoms with E-state index in [1.54, 1.807) is 55.6 Å². The van der Waals surface area contributed by atoms with Gasteiger partial charge in [-0.25, -0.2) is 8.42 Å². The van der Waals surface area contributed by atoms with Crippen molar-refractivity contribution in [2.75, 3.05) is 18.0 Å². The van der Waals surface area contributed by atoms with E-state index in [9.17, 15) is 18.0 Å². The highest BCUT2D eigenvalue weighted by Gasteiger charge is 2.34. The summed E-state index contributed by atoms with van der Waals surface area (Å²) < 4.78 is 34.2. The zero-order valence-corrected chi connectivity index (χ0v) is 25.0. The number of sulfonamides is 1. The van der Waals surface area contributed by atoms with Crippen molar-refractivity contribution in [3.63, 3.8) is 0 Å². The van der Waals surface area contributed by atoms with Gasteiger partial charge in [-0.15, -0.1) is 0 Å². The van der Waals surface area contributed by atoms with E-state index < -0.39 is 28.5 Å². The number of rotatable bonds is 12. The minimum atomic E-state index is -4.16. The first-order chi connectivity index (χ1) is 19.0. The predicted molar refractivity (Wildman–Crippen MR) is 158 cm³/mol.